The average molecular weight is 213 g/mol. The third kappa shape index (κ3) is 4.52. The van der Waals surface area contributed by atoms with Gasteiger partial charge in [0.2, 0.25) is 0 Å². The standard InChI is InChI=1S/C13H27NO/c1-6-12(2,3)10-14-11-7-8-15-13(4,5)9-11/h11,14H,6-10H2,1-5H3. The van der Waals surface area contributed by atoms with Crippen LogP contribution in [0.5, 0.6) is 0 Å². The van der Waals surface area contributed by atoms with Crippen molar-refractivity contribution in [2.24, 2.45) is 5.41 Å². The van der Waals surface area contributed by atoms with Crippen molar-refractivity contribution in [3.63, 3.8) is 0 Å². The highest BCUT2D eigenvalue weighted by molar-refractivity contribution is 4.84. The van der Waals surface area contributed by atoms with E-state index in [1.807, 2.05) is 0 Å². The molecule has 0 radical (unpaired) electrons. The van der Waals surface area contributed by atoms with Gasteiger partial charge in [0.15, 0.2) is 0 Å². The topological polar surface area (TPSA) is 21.3 Å². The third-order valence-corrected chi connectivity index (χ3v) is 3.52. The van der Waals surface area contributed by atoms with E-state index in [4.69, 9.17) is 4.74 Å². The Hall–Kier alpha value is -0.0800. The first-order valence-electron chi connectivity index (χ1n) is 6.22. The van der Waals surface area contributed by atoms with Gasteiger partial charge in [-0.3, -0.25) is 0 Å². The number of ether oxygens (including phenoxy) is 1. The highest BCUT2D eigenvalue weighted by atomic mass is 16.5. The first kappa shape index (κ1) is 13.0. The van der Waals surface area contributed by atoms with Crippen molar-refractivity contribution in [3.8, 4) is 0 Å². The van der Waals surface area contributed by atoms with Crippen LogP contribution in [0.1, 0.15) is 53.9 Å². The first-order valence-corrected chi connectivity index (χ1v) is 6.22. The monoisotopic (exact) mass is 213 g/mol. The molecule has 1 rings (SSSR count). The van der Waals surface area contributed by atoms with E-state index < -0.39 is 0 Å². The van der Waals surface area contributed by atoms with Gasteiger partial charge >= 0.3 is 0 Å². The lowest BCUT2D eigenvalue weighted by molar-refractivity contribution is -0.0637. The molecule has 0 spiro atoms. The zero-order chi connectivity index (χ0) is 11.5. The Morgan fingerprint density at radius 3 is 2.60 bits per heavy atom. The molecule has 1 unspecified atom stereocenters. The average Bonchev–Trinajstić information content (AvgIpc) is 2.14. The van der Waals surface area contributed by atoms with Crippen molar-refractivity contribution in [2.75, 3.05) is 13.2 Å². The summed E-state index contributed by atoms with van der Waals surface area (Å²) in [6.07, 6.45) is 3.52. The minimum absolute atomic E-state index is 0.0618. The lowest BCUT2D eigenvalue weighted by Crippen LogP contribution is -2.46. The molecule has 2 heteroatoms. The molecular formula is C13H27NO. The Kier molecular flexibility index (Phi) is 4.19. The molecule has 1 N–H and O–H groups in total. The molecule has 0 saturated carbocycles. The molecule has 0 aromatic heterocycles. The lowest BCUT2D eigenvalue weighted by atomic mass is 9.88. The molecule has 0 aliphatic carbocycles. The van der Waals surface area contributed by atoms with Crippen LogP contribution in [0.3, 0.4) is 0 Å². The normalized spacial score (nSPS) is 26.6. The fourth-order valence-electron chi connectivity index (χ4n) is 1.95. The zero-order valence-corrected chi connectivity index (χ0v) is 11.0. The molecular weight excluding hydrogens is 186 g/mol. The predicted octanol–water partition coefficient (Wildman–Crippen LogP) is 2.97. The van der Waals surface area contributed by atoms with Crippen molar-refractivity contribution < 1.29 is 4.74 Å². The van der Waals surface area contributed by atoms with Crippen LogP contribution in [0.4, 0.5) is 0 Å². The molecule has 0 aromatic rings. The van der Waals surface area contributed by atoms with Gasteiger partial charge in [0.05, 0.1) is 5.60 Å². The summed E-state index contributed by atoms with van der Waals surface area (Å²) in [6.45, 7) is 13.3. The Morgan fingerprint density at radius 1 is 1.40 bits per heavy atom. The van der Waals surface area contributed by atoms with Gasteiger partial charge in [0.25, 0.3) is 0 Å². The summed E-state index contributed by atoms with van der Waals surface area (Å²) in [7, 11) is 0. The fourth-order valence-corrected chi connectivity index (χ4v) is 1.95. The van der Waals surface area contributed by atoms with Crippen molar-refractivity contribution in [1.29, 1.82) is 0 Å². The van der Waals surface area contributed by atoms with Crippen molar-refractivity contribution in [1.82, 2.24) is 5.32 Å². The van der Waals surface area contributed by atoms with E-state index in [-0.39, 0.29) is 5.60 Å². The minimum Gasteiger partial charge on any atom is -0.375 e. The van der Waals surface area contributed by atoms with E-state index in [9.17, 15) is 0 Å². The van der Waals surface area contributed by atoms with E-state index in [1.54, 1.807) is 0 Å². The van der Waals surface area contributed by atoms with Crippen molar-refractivity contribution >= 4 is 0 Å². The van der Waals surface area contributed by atoms with Gasteiger partial charge in [-0.2, -0.15) is 0 Å². The smallest absolute Gasteiger partial charge is 0.0641 e. The molecule has 1 fully saturated rings. The fraction of sp³-hybridized carbons (Fsp3) is 1.00. The summed E-state index contributed by atoms with van der Waals surface area (Å²) >= 11 is 0. The molecule has 1 saturated heterocycles. The molecule has 0 aromatic carbocycles. The van der Waals surface area contributed by atoms with Gasteiger partial charge in [-0.1, -0.05) is 20.8 Å². The summed E-state index contributed by atoms with van der Waals surface area (Å²) in [5, 5.41) is 3.69. The predicted molar refractivity (Wildman–Crippen MR) is 65.1 cm³/mol. The van der Waals surface area contributed by atoms with Crippen LogP contribution in [0.25, 0.3) is 0 Å². The highest BCUT2D eigenvalue weighted by Crippen LogP contribution is 2.25. The maximum atomic E-state index is 5.71. The SMILES string of the molecule is CCC(C)(C)CNC1CCOC(C)(C)C1. The lowest BCUT2D eigenvalue weighted by Gasteiger charge is -2.37. The highest BCUT2D eigenvalue weighted by Gasteiger charge is 2.29. The van der Waals surface area contributed by atoms with Crippen molar-refractivity contribution in [3.05, 3.63) is 0 Å². The van der Waals surface area contributed by atoms with Crippen LogP contribution in [-0.2, 0) is 4.74 Å². The molecule has 15 heavy (non-hydrogen) atoms. The Morgan fingerprint density at radius 2 is 2.07 bits per heavy atom. The van der Waals surface area contributed by atoms with Crippen LogP contribution in [0, 0.1) is 5.41 Å². The molecule has 1 heterocycles. The summed E-state index contributed by atoms with van der Waals surface area (Å²) in [6, 6.07) is 0.638. The van der Waals surface area contributed by atoms with Crippen molar-refractivity contribution in [2.45, 2.75) is 65.5 Å². The quantitative estimate of drug-likeness (QED) is 0.775. The minimum atomic E-state index is 0.0618. The van der Waals surface area contributed by atoms with E-state index >= 15 is 0 Å². The summed E-state index contributed by atoms with van der Waals surface area (Å²) in [5.74, 6) is 0. The number of nitrogens with one attached hydrogen (secondary N) is 1. The van der Waals surface area contributed by atoms with E-state index in [2.05, 4.69) is 39.9 Å². The molecule has 1 aliphatic rings. The Labute approximate surface area is 94.8 Å². The van der Waals surface area contributed by atoms with E-state index in [0.717, 1.165) is 26.0 Å². The second-order valence-electron chi connectivity index (χ2n) is 6.20. The Bertz CT molecular complexity index is 199. The van der Waals surface area contributed by atoms with Crippen LogP contribution >= 0.6 is 0 Å². The second kappa shape index (κ2) is 4.84. The molecule has 2 nitrogen and oxygen atoms in total. The maximum Gasteiger partial charge on any atom is 0.0641 e. The van der Waals surface area contributed by atoms with Crippen LogP contribution in [-0.4, -0.2) is 24.8 Å². The molecule has 1 atom stereocenters. The summed E-state index contributed by atoms with van der Waals surface area (Å²) < 4.78 is 5.71. The van der Waals surface area contributed by atoms with Crippen LogP contribution in [0.15, 0.2) is 0 Å². The van der Waals surface area contributed by atoms with Crippen LogP contribution in [0.2, 0.25) is 0 Å². The van der Waals surface area contributed by atoms with Gasteiger partial charge in [-0.25, -0.2) is 0 Å². The molecule has 0 amide bonds. The van der Waals surface area contributed by atoms with Gasteiger partial charge in [-0.15, -0.1) is 0 Å². The number of rotatable bonds is 4. The third-order valence-electron chi connectivity index (χ3n) is 3.52. The zero-order valence-electron chi connectivity index (χ0n) is 11.0. The molecule has 90 valence electrons. The number of hydrogen-bond donors (Lipinski definition) is 1. The molecule has 1 aliphatic heterocycles. The van der Waals surface area contributed by atoms with Gasteiger partial charge in [0.1, 0.15) is 0 Å². The summed E-state index contributed by atoms with van der Waals surface area (Å²) in [5.41, 5.74) is 0.481. The van der Waals surface area contributed by atoms with Gasteiger partial charge < -0.3 is 10.1 Å². The van der Waals surface area contributed by atoms with Gasteiger partial charge in [0, 0.05) is 19.2 Å². The maximum absolute atomic E-state index is 5.71. The van der Waals surface area contributed by atoms with Crippen LogP contribution < -0.4 is 5.32 Å². The van der Waals surface area contributed by atoms with Gasteiger partial charge in [-0.05, 0) is 38.5 Å². The van der Waals surface area contributed by atoms with E-state index in [0.29, 0.717) is 11.5 Å². The molecule has 0 bridgehead atoms. The van der Waals surface area contributed by atoms with E-state index in [1.165, 1.54) is 6.42 Å². The first-order chi connectivity index (χ1) is 6.85. The number of hydrogen-bond acceptors (Lipinski definition) is 2. The Balaban J connectivity index is 2.33. The second-order valence-corrected chi connectivity index (χ2v) is 6.20. The summed E-state index contributed by atoms with van der Waals surface area (Å²) in [4.78, 5) is 0. The largest absolute Gasteiger partial charge is 0.375 e.